The van der Waals surface area contributed by atoms with Crippen molar-refractivity contribution in [3.05, 3.63) is 62.2 Å². The third-order valence-corrected chi connectivity index (χ3v) is 6.20. The number of rotatable bonds is 3. The van der Waals surface area contributed by atoms with E-state index in [1.807, 2.05) is 6.92 Å². The molecule has 0 bridgehead atoms. The fourth-order valence-electron chi connectivity index (χ4n) is 4.50. The second kappa shape index (κ2) is 6.96. The molecule has 0 aliphatic carbocycles. The van der Waals surface area contributed by atoms with Crippen molar-refractivity contribution in [2.45, 2.75) is 52.0 Å². The van der Waals surface area contributed by atoms with Crippen LogP contribution in [0.15, 0.2) is 23.0 Å². The number of esters is 1. The number of aromatic nitrogens is 2. The molecule has 0 amide bonds. The van der Waals surface area contributed by atoms with Crippen LogP contribution in [0.5, 0.6) is 0 Å². The lowest BCUT2D eigenvalue weighted by molar-refractivity contribution is -0.157. The quantitative estimate of drug-likeness (QED) is 0.490. The summed E-state index contributed by atoms with van der Waals surface area (Å²) in [6, 6.07) is 4.82. The van der Waals surface area contributed by atoms with E-state index >= 15 is 0 Å². The number of aryl methyl sites for hydroxylation is 2. The van der Waals surface area contributed by atoms with Gasteiger partial charge in [0.1, 0.15) is 12.4 Å². The number of fused-ring (bicyclic) bond motifs is 5. The van der Waals surface area contributed by atoms with Crippen LogP contribution in [0.1, 0.15) is 47.3 Å². The van der Waals surface area contributed by atoms with Gasteiger partial charge in [-0.1, -0.05) is 0 Å². The van der Waals surface area contributed by atoms with Crippen LogP contribution >= 0.6 is 0 Å². The topological polar surface area (TPSA) is 107 Å². The van der Waals surface area contributed by atoms with E-state index in [-0.39, 0.29) is 35.2 Å². The van der Waals surface area contributed by atoms with Gasteiger partial charge in [-0.25, -0.2) is 14.2 Å². The lowest BCUT2D eigenvalue weighted by Crippen LogP contribution is -2.32. The van der Waals surface area contributed by atoms with Gasteiger partial charge in [-0.05, 0) is 49.9 Å². The van der Waals surface area contributed by atoms with E-state index in [9.17, 15) is 19.1 Å². The van der Waals surface area contributed by atoms with Crippen LogP contribution in [-0.2, 0) is 29.1 Å². The summed E-state index contributed by atoms with van der Waals surface area (Å²) in [6.07, 6.45) is -0.119. The highest BCUT2D eigenvalue weighted by molar-refractivity contribution is 5.89. The Balaban J connectivity index is 1.78. The molecule has 2 aromatic heterocycles. The molecule has 2 aliphatic rings. The highest BCUT2D eigenvalue weighted by Gasteiger charge is 2.34. The number of carbonyl (C=O) groups excluding carboxylic acids is 1. The van der Waals surface area contributed by atoms with Gasteiger partial charge in [0.2, 0.25) is 0 Å². The number of carbonyl (C=O) groups is 1. The number of nitrogens with zero attached hydrogens (tertiary/aromatic N) is 2. The van der Waals surface area contributed by atoms with Crippen LogP contribution in [0, 0.1) is 12.7 Å². The van der Waals surface area contributed by atoms with Crippen molar-refractivity contribution in [2.24, 2.45) is 5.73 Å². The minimum absolute atomic E-state index is 0.0162. The molecule has 0 spiro atoms. The van der Waals surface area contributed by atoms with Gasteiger partial charge in [-0.15, -0.1) is 0 Å². The Kier molecular flexibility index (Phi) is 4.46. The van der Waals surface area contributed by atoms with E-state index < -0.39 is 12.1 Å². The zero-order valence-electron chi connectivity index (χ0n) is 17.2. The number of halogens is 1. The number of benzene rings is 1. The zero-order valence-corrected chi connectivity index (χ0v) is 17.2. The molecule has 0 saturated heterocycles. The van der Waals surface area contributed by atoms with Crippen LogP contribution in [-0.4, -0.2) is 26.7 Å². The second-order valence-electron chi connectivity index (χ2n) is 8.42. The maximum absolute atomic E-state index is 14.3. The van der Waals surface area contributed by atoms with Crippen LogP contribution in [0.25, 0.3) is 22.3 Å². The molecular weight excluding hydrogens is 401 g/mol. The molecule has 160 valence electrons. The Hall–Kier alpha value is -3.10. The first-order chi connectivity index (χ1) is 14.8. The third kappa shape index (κ3) is 2.97. The lowest BCUT2D eigenvalue weighted by Gasteiger charge is -2.21. The first-order valence-corrected chi connectivity index (χ1v) is 10.2. The number of aliphatic hydroxyl groups excluding tert-OH is 1. The first kappa shape index (κ1) is 19.8. The number of pyridine rings is 2. The largest absolute Gasteiger partial charge is 0.458 e. The SMILES string of the molecule is Cc1cc2c(CC[C@@H](C)N)c3c(nc2cc1F)-c1cc2c(c(=O)n1C3)COC(=O)C2O. The average molecular weight is 423 g/mol. The molecule has 2 aliphatic heterocycles. The summed E-state index contributed by atoms with van der Waals surface area (Å²) in [4.78, 5) is 29.7. The summed E-state index contributed by atoms with van der Waals surface area (Å²) in [7, 11) is 0. The summed E-state index contributed by atoms with van der Waals surface area (Å²) >= 11 is 0. The summed E-state index contributed by atoms with van der Waals surface area (Å²) < 4.78 is 20.8. The Morgan fingerprint density at radius 3 is 2.84 bits per heavy atom. The van der Waals surface area contributed by atoms with Crippen LogP contribution in [0.3, 0.4) is 0 Å². The normalized spacial score (nSPS) is 17.8. The predicted octanol–water partition coefficient (Wildman–Crippen LogP) is 2.24. The molecule has 2 atom stereocenters. The van der Waals surface area contributed by atoms with Crippen molar-refractivity contribution in [1.29, 1.82) is 0 Å². The second-order valence-corrected chi connectivity index (χ2v) is 8.42. The number of cyclic esters (lactones) is 1. The van der Waals surface area contributed by atoms with E-state index in [2.05, 4.69) is 0 Å². The number of aliphatic hydroxyl groups is 1. The molecule has 1 unspecified atom stereocenters. The molecule has 7 nitrogen and oxygen atoms in total. The van der Waals surface area contributed by atoms with E-state index in [4.69, 9.17) is 15.5 Å². The minimum atomic E-state index is -1.51. The summed E-state index contributed by atoms with van der Waals surface area (Å²) in [5.41, 5.74) is 10.2. The first-order valence-electron chi connectivity index (χ1n) is 10.2. The van der Waals surface area contributed by atoms with Crippen molar-refractivity contribution in [3.8, 4) is 11.4 Å². The Labute approximate surface area is 177 Å². The predicted molar refractivity (Wildman–Crippen MR) is 112 cm³/mol. The van der Waals surface area contributed by atoms with Crippen molar-refractivity contribution in [3.63, 3.8) is 0 Å². The highest BCUT2D eigenvalue weighted by Crippen LogP contribution is 2.38. The van der Waals surface area contributed by atoms with Gasteiger partial charge in [-0.3, -0.25) is 4.79 Å². The van der Waals surface area contributed by atoms with Crippen LogP contribution in [0.4, 0.5) is 4.39 Å². The molecule has 31 heavy (non-hydrogen) atoms. The van der Waals surface area contributed by atoms with Gasteiger partial charge in [-0.2, -0.15) is 0 Å². The van der Waals surface area contributed by atoms with Crippen molar-refractivity contribution in [1.82, 2.24) is 9.55 Å². The Bertz CT molecular complexity index is 1330. The minimum Gasteiger partial charge on any atom is -0.458 e. The maximum Gasteiger partial charge on any atom is 0.340 e. The monoisotopic (exact) mass is 423 g/mol. The molecular formula is C23H22FN3O4. The Morgan fingerprint density at radius 1 is 1.32 bits per heavy atom. The smallest absolute Gasteiger partial charge is 0.340 e. The average Bonchev–Trinajstić information content (AvgIpc) is 3.08. The summed E-state index contributed by atoms with van der Waals surface area (Å²) in [5.74, 6) is -1.13. The van der Waals surface area contributed by atoms with Gasteiger partial charge in [0.25, 0.3) is 5.56 Å². The molecule has 5 rings (SSSR count). The molecule has 0 saturated carbocycles. The standard InChI is InChI=1S/C23H22FN3O4/c1-10-5-13-12(4-3-11(2)25)15-8-27-19(20(15)26-18(13)7-17(10)24)6-14-16(22(27)29)9-31-23(30)21(14)28/h5-7,11,21,28H,3-4,8-9,25H2,1-2H3/t11-,21?/m1/s1. The summed E-state index contributed by atoms with van der Waals surface area (Å²) in [6.45, 7) is 3.79. The van der Waals surface area contributed by atoms with E-state index in [0.29, 0.717) is 35.4 Å². The molecule has 3 aromatic rings. The number of nitrogens with two attached hydrogens (primary N) is 1. The lowest BCUT2D eigenvalue weighted by atomic mass is 9.94. The van der Waals surface area contributed by atoms with Crippen LogP contribution < -0.4 is 11.3 Å². The van der Waals surface area contributed by atoms with Gasteiger partial charge in [0.05, 0.1) is 29.0 Å². The van der Waals surface area contributed by atoms with Gasteiger partial charge in [0.15, 0.2) is 6.10 Å². The number of hydrogen-bond donors (Lipinski definition) is 2. The van der Waals surface area contributed by atoms with Gasteiger partial charge in [0, 0.05) is 28.6 Å². The van der Waals surface area contributed by atoms with E-state index in [1.54, 1.807) is 23.6 Å². The molecule has 3 N–H and O–H groups in total. The number of ether oxygens (including phenoxy) is 1. The van der Waals surface area contributed by atoms with Crippen molar-refractivity contribution in [2.75, 3.05) is 0 Å². The Morgan fingerprint density at radius 2 is 2.10 bits per heavy atom. The molecule has 0 radical (unpaired) electrons. The third-order valence-electron chi connectivity index (χ3n) is 6.20. The van der Waals surface area contributed by atoms with E-state index in [1.165, 1.54) is 6.07 Å². The zero-order chi connectivity index (χ0) is 22.0. The molecule has 8 heteroatoms. The van der Waals surface area contributed by atoms with Crippen molar-refractivity contribution < 1.29 is 19.0 Å². The van der Waals surface area contributed by atoms with Crippen LogP contribution in [0.2, 0.25) is 0 Å². The molecule has 4 heterocycles. The fourth-order valence-corrected chi connectivity index (χ4v) is 4.50. The van der Waals surface area contributed by atoms with Gasteiger partial charge >= 0.3 is 5.97 Å². The summed E-state index contributed by atoms with van der Waals surface area (Å²) in [5, 5.41) is 11.1. The maximum atomic E-state index is 14.3. The van der Waals surface area contributed by atoms with Crippen molar-refractivity contribution >= 4 is 16.9 Å². The van der Waals surface area contributed by atoms with E-state index in [0.717, 1.165) is 22.9 Å². The molecule has 0 fully saturated rings. The molecule has 1 aromatic carbocycles. The number of hydrogen-bond acceptors (Lipinski definition) is 6. The van der Waals surface area contributed by atoms with Gasteiger partial charge < -0.3 is 20.1 Å². The highest BCUT2D eigenvalue weighted by atomic mass is 19.1. The fraction of sp³-hybridized carbons (Fsp3) is 0.348.